The number of nitrogens with one attached hydrogen (secondary N) is 1. The normalized spacial score (nSPS) is 16.7. The molecule has 128 valence electrons. The Hall–Kier alpha value is -1.43. The molecule has 0 bridgehead atoms. The molecule has 3 N–H and O–H groups in total. The van der Waals surface area contributed by atoms with Gasteiger partial charge in [0.05, 0.1) is 20.8 Å². The average molecular weight is 384 g/mol. The molecule has 0 aliphatic heterocycles. The Balaban J connectivity index is 2.00. The highest BCUT2D eigenvalue weighted by molar-refractivity contribution is 9.10. The second-order valence-electron chi connectivity index (χ2n) is 5.83. The third-order valence-corrected chi connectivity index (χ3v) is 4.92. The minimum atomic E-state index is 0.454. The van der Waals surface area contributed by atoms with Gasteiger partial charge in [-0.15, -0.1) is 0 Å². The van der Waals surface area contributed by atoms with Crippen LogP contribution in [0.3, 0.4) is 0 Å². The van der Waals surface area contributed by atoms with Crippen molar-refractivity contribution < 1.29 is 9.47 Å². The predicted molar refractivity (Wildman–Crippen MR) is 97.2 cm³/mol. The first kappa shape index (κ1) is 17.9. The SMILES string of the molecule is COc1cc(Br)c(CN=C(N)NC2CCCCCC2)cc1OC. The summed E-state index contributed by atoms with van der Waals surface area (Å²) in [5, 5.41) is 3.36. The molecule has 0 heterocycles. The minimum Gasteiger partial charge on any atom is -0.493 e. The lowest BCUT2D eigenvalue weighted by Gasteiger charge is -2.17. The average Bonchev–Trinajstić information content (AvgIpc) is 2.82. The van der Waals surface area contributed by atoms with Crippen molar-refractivity contribution in [1.82, 2.24) is 5.32 Å². The van der Waals surface area contributed by atoms with E-state index in [0.29, 0.717) is 30.0 Å². The fourth-order valence-corrected chi connectivity index (χ4v) is 3.31. The molecule has 1 fully saturated rings. The molecule has 23 heavy (non-hydrogen) atoms. The highest BCUT2D eigenvalue weighted by Crippen LogP contribution is 2.33. The second kappa shape index (κ2) is 9.01. The Morgan fingerprint density at radius 1 is 1.17 bits per heavy atom. The highest BCUT2D eigenvalue weighted by atomic mass is 79.9. The second-order valence-corrected chi connectivity index (χ2v) is 6.69. The van der Waals surface area contributed by atoms with Crippen LogP contribution in [0.15, 0.2) is 21.6 Å². The summed E-state index contributed by atoms with van der Waals surface area (Å²) in [6.45, 7) is 0.493. The molecule has 0 radical (unpaired) electrons. The van der Waals surface area contributed by atoms with Crippen molar-refractivity contribution in [1.29, 1.82) is 0 Å². The summed E-state index contributed by atoms with van der Waals surface area (Å²) in [5.74, 6) is 1.89. The summed E-state index contributed by atoms with van der Waals surface area (Å²) >= 11 is 3.54. The molecule has 6 heteroatoms. The van der Waals surface area contributed by atoms with Crippen LogP contribution in [0.25, 0.3) is 0 Å². The Labute approximate surface area is 146 Å². The molecule has 0 saturated heterocycles. The molecule has 1 aliphatic carbocycles. The number of ether oxygens (including phenoxy) is 2. The quantitative estimate of drug-likeness (QED) is 0.463. The van der Waals surface area contributed by atoms with Crippen molar-refractivity contribution in [2.24, 2.45) is 10.7 Å². The van der Waals surface area contributed by atoms with E-state index in [9.17, 15) is 0 Å². The monoisotopic (exact) mass is 383 g/mol. The highest BCUT2D eigenvalue weighted by Gasteiger charge is 2.13. The number of guanidine groups is 1. The van der Waals surface area contributed by atoms with Crippen molar-refractivity contribution in [2.45, 2.75) is 51.1 Å². The summed E-state index contributed by atoms with van der Waals surface area (Å²) < 4.78 is 11.5. The summed E-state index contributed by atoms with van der Waals surface area (Å²) in [7, 11) is 3.25. The molecular formula is C17H26BrN3O2. The van der Waals surface area contributed by atoms with Gasteiger partial charge in [-0.3, -0.25) is 0 Å². The van der Waals surface area contributed by atoms with E-state index < -0.39 is 0 Å². The van der Waals surface area contributed by atoms with Crippen molar-refractivity contribution in [3.8, 4) is 11.5 Å². The van der Waals surface area contributed by atoms with Crippen molar-refractivity contribution in [3.05, 3.63) is 22.2 Å². The summed E-state index contributed by atoms with van der Waals surface area (Å²) in [5.41, 5.74) is 7.06. The number of nitrogens with two attached hydrogens (primary N) is 1. The van der Waals surface area contributed by atoms with Crippen molar-refractivity contribution >= 4 is 21.9 Å². The lowest BCUT2D eigenvalue weighted by molar-refractivity contribution is 0.354. The molecule has 2 rings (SSSR count). The molecule has 0 spiro atoms. The van der Waals surface area contributed by atoms with Gasteiger partial charge in [0.1, 0.15) is 0 Å². The number of rotatable bonds is 5. The number of benzene rings is 1. The fraction of sp³-hybridized carbons (Fsp3) is 0.588. The number of halogens is 1. The zero-order valence-electron chi connectivity index (χ0n) is 13.9. The van der Waals surface area contributed by atoms with E-state index in [1.54, 1.807) is 14.2 Å². The van der Waals surface area contributed by atoms with Gasteiger partial charge in [0, 0.05) is 10.5 Å². The predicted octanol–water partition coefficient (Wildman–Crippen LogP) is 3.59. The maximum absolute atomic E-state index is 6.05. The minimum absolute atomic E-state index is 0.454. The molecule has 0 amide bonds. The first-order valence-electron chi connectivity index (χ1n) is 8.11. The van der Waals surface area contributed by atoms with Crippen LogP contribution in [0.2, 0.25) is 0 Å². The van der Waals surface area contributed by atoms with Gasteiger partial charge < -0.3 is 20.5 Å². The van der Waals surface area contributed by atoms with Crippen LogP contribution in [0.4, 0.5) is 0 Å². The summed E-state index contributed by atoms with van der Waals surface area (Å²) in [6, 6.07) is 4.26. The van der Waals surface area contributed by atoms with Gasteiger partial charge in [0.25, 0.3) is 0 Å². The molecule has 1 aromatic carbocycles. The maximum Gasteiger partial charge on any atom is 0.189 e. The Morgan fingerprint density at radius 2 is 1.78 bits per heavy atom. The van der Waals surface area contributed by atoms with Crippen molar-refractivity contribution in [2.75, 3.05) is 14.2 Å². The Bertz CT molecular complexity index is 541. The Morgan fingerprint density at radius 3 is 2.39 bits per heavy atom. The maximum atomic E-state index is 6.05. The van der Waals surface area contributed by atoms with Gasteiger partial charge in [-0.05, 0) is 30.5 Å². The first-order chi connectivity index (χ1) is 11.1. The van der Waals surface area contributed by atoms with Gasteiger partial charge in [0.2, 0.25) is 0 Å². The number of aliphatic imine (C=N–C) groups is 1. The van der Waals surface area contributed by atoms with Gasteiger partial charge in [-0.1, -0.05) is 41.6 Å². The zero-order chi connectivity index (χ0) is 16.7. The van der Waals surface area contributed by atoms with Crippen LogP contribution >= 0.6 is 15.9 Å². The number of nitrogens with zero attached hydrogens (tertiary/aromatic N) is 1. The standard InChI is InChI=1S/C17H26BrN3O2/c1-22-15-9-12(14(18)10-16(15)23-2)11-20-17(19)21-13-7-5-3-4-6-8-13/h9-10,13H,3-8,11H2,1-2H3,(H3,19,20,21). The smallest absolute Gasteiger partial charge is 0.189 e. The largest absolute Gasteiger partial charge is 0.493 e. The van der Waals surface area contributed by atoms with Crippen LogP contribution in [0.5, 0.6) is 11.5 Å². The van der Waals surface area contributed by atoms with E-state index in [0.717, 1.165) is 10.0 Å². The number of hydrogen-bond donors (Lipinski definition) is 2. The number of hydrogen-bond acceptors (Lipinski definition) is 3. The van der Waals surface area contributed by atoms with E-state index in [1.165, 1.54) is 38.5 Å². The van der Waals surface area contributed by atoms with Gasteiger partial charge in [0.15, 0.2) is 17.5 Å². The zero-order valence-corrected chi connectivity index (χ0v) is 15.5. The van der Waals surface area contributed by atoms with Crippen molar-refractivity contribution in [3.63, 3.8) is 0 Å². The lowest BCUT2D eigenvalue weighted by Crippen LogP contribution is -2.39. The van der Waals surface area contributed by atoms with Gasteiger partial charge in [-0.2, -0.15) is 0 Å². The van der Waals surface area contributed by atoms with Crippen LogP contribution < -0.4 is 20.5 Å². The molecule has 1 aliphatic rings. The van der Waals surface area contributed by atoms with E-state index in [-0.39, 0.29) is 0 Å². The summed E-state index contributed by atoms with van der Waals surface area (Å²) in [6.07, 6.45) is 7.55. The topological polar surface area (TPSA) is 68.9 Å². The molecule has 5 nitrogen and oxygen atoms in total. The molecule has 0 unspecified atom stereocenters. The molecule has 1 saturated carbocycles. The molecular weight excluding hydrogens is 358 g/mol. The van der Waals surface area contributed by atoms with Crippen LogP contribution in [-0.4, -0.2) is 26.2 Å². The third kappa shape index (κ3) is 5.30. The Kier molecular flexibility index (Phi) is 7.02. The summed E-state index contributed by atoms with van der Waals surface area (Å²) in [4.78, 5) is 4.47. The fourth-order valence-electron chi connectivity index (χ4n) is 2.87. The van der Waals surface area contributed by atoms with Gasteiger partial charge >= 0.3 is 0 Å². The van der Waals surface area contributed by atoms with E-state index in [4.69, 9.17) is 15.2 Å². The first-order valence-corrected chi connectivity index (χ1v) is 8.90. The van der Waals surface area contributed by atoms with Crippen LogP contribution in [-0.2, 0) is 6.54 Å². The third-order valence-electron chi connectivity index (χ3n) is 4.18. The molecule has 0 aromatic heterocycles. The van der Waals surface area contributed by atoms with E-state index in [1.807, 2.05) is 12.1 Å². The lowest BCUT2D eigenvalue weighted by atomic mass is 10.1. The number of methoxy groups -OCH3 is 2. The van der Waals surface area contributed by atoms with E-state index in [2.05, 4.69) is 26.2 Å². The molecule has 1 aromatic rings. The van der Waals surface area contributed by atoms with Crippen LogP contribution in [0.1, 0.15) is 44.1 Å². The van der Waals surface area contributed by atoms with Crippen LogP contribution in [0, 0.1) is 0 Å². The van der Waals surface area contributed by atoms with Gasteiger partial charge in [-0.25, -0.2) is 4.99 Å². The molecule has 0 atom stereocenters. The van der Waals surface area contributed by atoms with E-state index >= 15 is 0 Å².